The third-order valence-corrected chi connectivity index (χ3v) is 4.24. The van der Waals surface area contributed by atoms with Crippen LogP contribution in [0.4, 0.5) is 5.82 Å². The molecule has 27 heavy (non-hydrogen) atoms. The number of nitrogens with zero attached hydrogens (tertiary/aromatic N) is 4. The molecule has 2 aromatic carbocycles. The van der Waals surface area contributed by atoms with Gasteiger partial charge in [-0.2, -0.15) is 9.78 Å². The van der Waals surface area contributed by atoms with Crippen molar-refractivity contribution >= 4 is 22.5 Å². The van der Waals surface area contributed by atoms with Crippen molar-refractivity contribution in [1.29, 1.82) is 0 Å². The minimum Gasteiger partial charge on any atom is -0.306 e. The van der Waals surface area contributed by atoms with Crippen LogP contribution in [-0.2, 0) is 0 Å². The van der Waals surface area contributed by atoms with Gasteiger partial charge in [-0.3, -0.25) is 4.79 Å². The second kappa shape index (κ2) is 6.64. The minimum atomic E-state index is -0.203. The molecule has 0 aliphatic heterocycles. The van der Waals surface area contributed by atoms with Gasteiger partial charge in [0, 0.05) is 23.0 Å². The Morgan fingerprint density at radius 2 is 1.56 bits per heavy atom. The third kappa shape index (κ3) is 3.42. The second-order valence-corrected chi connectivity index (χ2v) is 6.55. The summed E-state index contributed by atoms with van der Waals surface area (Å²) in [4.78, 5) is 21.7. The molecule has 1 N–H and O–H groups in total. The number of carbonyl (C=O) groups excluding carboxylic acids is 1. The Kier molecular flexibility index (Phi) is 4.16. The van der Waals surface area contributed by atoms with E-state index in [1.54, 1.807) is 10.7 Å². The van der Waals surface area contributed by atoms with Gasteiger partial charge in [-0.15, -0.1) is 0 Å². The first-order valence-corrected chi connectivity index (χ1v) is 8.69. The topological polar surface area (TPSA) is 72.7 Å². The number of aromatic nitrogens is 4. The summed E-state index contributed by atoms with van der Waals surface area (Å²) in [5.74, 6) is 0.774. The zero-order valence-electron chi connectivity index (χ0n) is 15.4. The lowest BCUT2D eigenvalue weighted by Gasteiger charge is -2.09. The molecule has 2 heterocycles. The lowest BCUT2D eigenvalue weighted by Crippen LogP contribution is -2.16. The molecule has 0 aliphatic rings. The monoisotopic (exact) mass is 357 g/mol. The highest BCUT2D eigenvalue weighted by Gasteiger charge is 2.15. The molecule has 0 radical (unpaired) electrons. The number of amides is 1. The van der Waals surface area contributed by atoms with Crippen molar-refractivity contribution in [3.05, 3.63) is 77.2 Å². The molecule has 134 valence electrons. The van der Waals surface area contributed by atoms with Crippen LogP contribution in [-0.4, -0.2) is 25.7 Å². The van der Waals surface area contributed by atoms with Gasteiger partial charge in [0.15, 0.2) is 0 Å². The second-order valence-electron chi connectivity index (χ2n) is 6.55. The van der Waals surface area contributed by atoms with E-state index in [0.29, 0.717) is 17.3 Å². The number of fused-ring (bicyclic) bond motifs is 1. The van der Waals surface area contributed by atoms with Crippen molar-refractivity contribution in [2.75, 3.05) is 5.32 Å². The number of nitrogens with one attached hydrogen (secondary N) is 1. The number of benzene rings is 2. The Morgan fingerprint density at radius 1 is 0.852 bits per heavy atom. The summed E-state index contributed by atoms with van der Waals surface area (Å²) in [5, 5.41) is 9.48. The van der Waals surface area contributed by atoms with Gasteiger partial charge in [0.1, 0.15) is 5.82 Å². The fraction of sp³-hybridized carbons (Fsp3) is 0.143. The number of hydrogen-bond donors (Lipinski definition) is 1. The Hall–Kier alpha value is -3.54. The van der Waals surface area contributed by atoms with Gasteiger partial charge < -0.3 is 5.32 Å². The predicted octanol–water partition coefficient (Wildman–Crippen LogP) is 3.99. The van der Waals surface area contributed by atoms with Crippen LogP contribution < -0.4 is 5.32 Å². The number of anilines is 1. The standard InChI is InChI=1S/C21H19N5O/c1-13-10-14(2)23-21(22-13)26-19(11-15(3)25-26)24-20(27)18-9-8-16-6-4-5-7-17(16)12-18/h4-12H,1-3H3,(H,24,27). The van der Waals surface area contributed by atoms with Crippen molar-refractivity contribution in [1.82, 2.24) is 19.7 Å². The number of carbonyl (C=O) groups is 1. The van der Waals surface area contributed by atoms with Gasteiger partial charge in [0.05, 0.1) is 5.69 Å². The van der Waals surface area contributed by atoms with Crippen LogP contribution >= 0.6 is 0 Å². The lowest BCUT2D eigenvalue weighted by molar-refractivity contribution is 0.102. The first-order valence-electron chi connectivity index (χ1n) is 8.69. The van der Waals surface area contributed by atoms with E-state index >= 15 is 0 Å². The zero-order valence-corrected chi connectivity index (χ0v) is 15.4. The Balaban J connectivity index is 1.68. The van der Waals surface area contributed by atoms with E-state index in [4.69, 9.17) is 0 Å². The van der Waals surface area contributed by atoms with Crippen LogP contribution in [0.1, 0.15) is 27.4 Å². The summed E-state index contributed by atoms with van der Waals surface area (Å²) in [7, 11) is 0. The molecule has 0 aliphatic carbocycles. The van der Waals surface area contributed by atoms with Crippen molar-refractivity contribution in [3.63, 3.8) is 0 Å². The van der Waals surface area contributed by atoms with E-state index < -0.39 is 0 Å². The van der Waals surface area contributed by atoms with Gasteiger partial charge >= 0.3 is 0 Å². The van der Waals surface area contributed by atoms with E-state index in [-0.39, 0.29) is 5.91 Å². The van der Waals surface area contributed by atoms with Crippen LogP contribution in [0.15, 0.2) is 54.6 Å². The summed E-state index contributed by atoms with van der Waals surface area (Å²) in [6, 6.07) is 17.3. The van der Waals surface area contributed by atoms with Gasteiger partial charge in [-0.1, -0.05) is 30.3 Å². The molecular weight excluding hydrogens is 338 g/mol. The summed E-state index contributed by atoms with van der Waals surface area (Å²) in [5.41, 5.74) is 3.04. The fourth-order valence-electron chi connectivity index (χ4n) is 3.06. The van der Waals surface area contributed by atoms with E-state index in [1.165, 1.54) is 0 Å². The molecule has 0 saturated heterocycles. The molecule has 0 fully saturated rings. The van der Waals surface area contributed by atoms with E-state index in [9.17, 15) is 4.79 Å². The van der Waals surface area contributed by atoms with Crippen LogP contribution in [0.3, 0.4) is 0 Å². The lowest BCUT2D eigenvalue weighted by atomic mass is 10.1. The highest BCUT2D eigenvalue weighted by Crippen LogP contribution is 2.19. The van der Waals surface area contributed by atoms with E-state index in [0.717, 1.165) is 27.9 Å². The van der Waals surface area contributed by atoms with Crippen molar-refractivity contribution in [2.45, 2.75) is 20.8 Å². The Bertz CT molecular complexity index is 1140. The van der Waals surface area contributed by atoms with Crippen molar-refractivity contribution in [2.24, 2.45) is 0 Å². The SMILES string of the molecule is Cc1cc(C)nc(-n2nc(C)cc2NC(=O)c2ccc3ccccc3c2)n1. The minimum absolute atomic E-state index is 0.203. The average molecular weight is 357 g/mol. The number of hydrogen-bond acceptors (Lipinski definition) is 4. The highest BCUT2D eigenvalue weighted by atomic mass is 16.1. The summed E-state index contributed by atoms with van der Waals surface area (Å²) in [6.07, 6.45) is 0. The maximum absolute atomic E-state index is 12.8. The molecule has 6 nitrogen and oxygen atoms in total. The molecule has 2 aromatic heterocycles. The largest absolute Gasteiger partial charge is 0.306 e. The maximum Gasteiger partial charge on any atom is 0.256 e. The smallest absolute Gasteiger partial charge is 0.256 e. The van der Waals surface area contributed by atoms with E-state index in [2.05, 4.69) is 20.4 Å². The molecule has 4 rings (SSSR count). The van der Waals surface area contributed by atoms with Crippen LogP contribution in [0, 0.1) is 20.8 Å². The van der Waals surface area contributed by atoms with Gasteiger partial charge in [-0.25, -0.2) is 9.97 Å². The van der Waals surface area contributed by atoms with Gasteiger partial charge in [0.2, 0.25) is 0 Å². The zero-order chi connectivity index (χ0) is 19.0. The molecule has 1 amide bonds. The first kappa shape index (κ1) is 16.9. The molecule has 0 atom stereocenters. The normalized spacial score (nSPS) is 10.9. The molecule has 6 heteroatoms. The molecule has 0 unspecified atom stereocenters. The quantitative estimate of drug-likeness (QED) is 0.602. The van der Waals surface area contributed by atoms with Crippen LogP contribution in [0.5, 0.6) is 0 Å². The third-order valence-electron chi connectivity index (χ3n) is 4.24. The fourth-order valence-corrected chi connectivity index (χ4v) is 3.06. The summed E-state index contributed by atoms with van der Waals surface area (Å²) in [6.45, 7) is 5.68. The van der Waals surface area contributed by atoms with Crippen LogP contribution in [0.25, 0.3) is 16.7 Å². The number of rotatable bonds is 3. The molecule has 0 spiro atoms. The Morgan fingerprint density at radius 3 is 2.30 bits per heavy atom. The number of aryl methyl sites for hydroxylation is 3. The van der Waals surface area contributed by atoms with E-state index in [1.807, 2.05) is 69.3 Å². The van der Waals surface area contributed by atoms with Crippen molar-refractivity contribution in [3.8, 4) is 5.95 Å². The molecular formula is C21H19N5O. The first-order chi connectivity index (χ1) is 13.0. The Labute approximate surface area is 156 Å². The predicted molar refractivity (Wildman–Crippen MR) is 105 cm³/mol. The van der Waals surface area contributed by atoms with Crippen molar-refractivity contribution < 1.29 is 4.79 Å². The maximum atomic E-state index is 12.8. The highest BCUT2D eigenvalue weighted by molar-refractivity contribution is 6.06. The van der Waals surface area contributed by atoms with Gasteiger partial charge in [0.25, 0.3) is 11.9 Å². The summed E-state index contributed by atoms with van der Waals surface area (Å²) < 4.78 is 1.56. The van der Waals surface area contributed by atoms with Crippen LogP contribution in [0.2, 0.25) is 0 Å². The van der Waals surface area contributed by atoms with Gasteiger partial charge in [-0.05, 0) is 49.7 Å². The molecule has 0 saturated carbocycles. The summed E-state index contributed by atoms with van der Waals surface area (Å²) >= 11 is 0. The average Bonchev–Trinajstić information content (AvgIpc) is 3.00. The molecule has 0 bridgehead atoms. The molecule has 4 aromatic rings.